The van der Waals surface area contributed by atoms with Gasteiger partial charge in [-0.25, -0.2) is 9.97 Å². The van der Waals surface area contributed by atoms with Crippen LogP contribution in [0.2, 0.25) is 0 Å². The average Bonchev–Trinajstić information content (AvgIpc) is 3.57. The molecule has 0 saturated carbocycles. The average molecular weight is 489 g/mol. The maximum Gasteiger partial charge on any atom is 0.236 e. The van der Waals surface area contributed by atoms with E-state index in [1.165, 1.54) is 28.0 Å². The zero-order valence-corrected chi connectivity index (χ0v) is 19.6. The van der Waals surface area contributed by atoms with Crippen LogP contribution in [0.15, 0.2) is 71.2 Å². The number of thiophene rings is 1. The van der Waals surface area contributed by atoms with Gasteiger partial charge < -0.3 is 5.32 Å². The third-order valence-corrected chi connectivity index (χ3v) is 7.83. The molecular formula is C23H16N6OS3. The lowest BCUT2D eigenvalue weighted by molar-refractivity contribution is -0.113. The molecule has 4 aromatic heterocycles. The van der Waals surface area contributed by atoms with Crippen molar-refractivity contribution in [1.82, 2.24) is 24.6 Å². The number of thiazole rings is 1. The van der Waals surface area contributed by atoms with E-state index in [0.29, 0.717) is 16.7 Å². The molecule has 0 bridgehead atoms. The van der Waals surface area contributed by atoms with Crippen LogP contribution < -0.4 is 5.32 Å². The molecule has 0 radical (unpaired) electrons. The molecule has 162 valence electrons. The third-order valence-electron chi connectivity index (χ3n) is 5.07. The van der Waals surface area contributed by atoms with Gasteiger partial charge in [0.1, 0.15) is 5.82 Å². The van der Waals surface area contributed by atoms with Crippen molar-refractivity contribution in [2.45, 2.75) is 11.6 Å². The summed E-state index contributed by atoms with van der Waals surface area (Å²) >= 11 is 4.50. The minimum Gasteiger partial charge on any atom is -0.301 e. The smallest absolute Gasteiger partial charge is 0.236 e. The Morgan fingerprint density at radius 3 is 2.67 bits per heavy atom. The van der Waals surface area contributed by atoms with Gasteiger partial charge in [0.15, 0.2) is 15.9 Å². The summed E-state index contributed by atoms with van der Waals surface area (Å²) in [4.78, 5) is 23.2. The Balaban J connectivity index is 1.29. The lowest BCUT2D eigenvalue weighted by Gasteiger charge is -2.08. The quantitative estimate of drug-likeness (QED) is 0.322. The fraction of sp³-hybridized carbons (Fsp3) is 0.0870. The summed E-state index contributed by atoms with van der Waals surface area (Å²) < 4.78 is 3.01. The number of benzene rings is 2. The first-order chi connectivity index (χ1) is 16.2. The number of nitrogens with one attached hydrogen (secondary N) is 1. The number of anilines is 1. The predicted molar refractivity (Wildman–Crippen MR) is 134 cm³/mol. The van der Waals surface area contributed by atoms with Crippen LogP contribution in [0.5, 0.6) is 0 Å². The number of rotatable bonds is 6. The zero-order valence-electron chi connectivity index (χ0n) is 17.1. The number of carbonyl (C=O) groups is 1. The standard InChI is InChI=1S/C23H16N6OS3/c30-20(26-22-25-17-9-3-4-10-18(17)33-22)13-32-23-28-27-21-15-7-1-2-8-16(15)24-19(29(21)23)12-14-6-5-11-31-14/h1-11H,12-13H2,(H,25,26,30). The van der Waals surface area contributed by atoms with Crippen LogP contribution in [0.4, 0.5) is 5.13 Å². The molecule has 6 rings (SSSR count). The molecule has 0 fully saturated rings. The van der Waals surface area contributed by atoms with Crippen LogP contribution in [0.25, 0.3) is 26.8 Å². The van der Waals surface area contributed by atoms with Gasteiger partial charge in [-0.05, 0) is 35.7 Å². The topological polar surface area (TPSA) is 85.1 Å². The van der Waals surface area contributed by atoms with Crippen molar-refractivity contribution in [3.05, 3.63) is 76.7 Å². The van der Waals surface area contributed by atoms with Crippen molar-refractivity contribution >= 4 is 72.2 Å². The Morgan fingerprint density at radius 2 is 1.82 bits per heavy atom. The van der Waals surface area contributed by atoms with Crippen LogP contribution in [-0.4, -0.2) is 36.2 Å². The summed E-state index contributed by atoms with van der Waals surface area (Å²) in [5.74, 6) is 0.914. The van der Waals surface area contributed by atoms with E-state index in [9.17, 15) is 4.79 Å². The fourth-order valence-electron chi connectivity index (χ4n) is 3.62. The van der Waals surface area contributed by atoms with E-state index in [1.807, 2.05) is 59.0 Å². The molecule has 1 N–H and O–H groups in total. The van der Waals surface area contributed by atoms with E-state index >= 15 is 0 Å². The minimum absolute atomic E-state index is 0.135. The number of nitrogens with zero attached hydrogens (tertiary/aromatic N) is 5. The number of aromatic nitrogens is 5. The highest BCUT2D eigenvalue weighted by atomic mass is 32.2. The summed E-state index contributed by atoms with van der Waals surface area (Å²) in [6.07, 6.45) is 0.669. The van der Waals surface area contributed by atoms with E-state index in [2.05, 4.69) is 31.9 Å². The Kier molecular flexibility index (Phi) is 5.25. The molecule has 0 aliphatic rings. The molecule has 1 amide bonds. The molecule has 2 aromatic carbocycles. The van der Waals surface area contributed by atoms with Crippen LogP contribution in [-0.2, 0) is 11.2 Å². The van der Waals surface area contributed by atoms with Gasteiger partial charge in [-0.15, -0.1) is 21.5 Å². The molecular weight excluding hydrogens is 472 g/mol. The van der Waals surface area contributed by atoms with Crippen LogP contribution in [0.3, 0.4) is 0 Å². The van der Waals surface area contributed by atoms with Crippen molar-refractivity contribution in [2.24, 2.45) is 0 Å². The number of fused-ring (bicyclic) bond motifs is 4. The van der Waals surface area contributed by atoms with Gasteiger partial charge in [0.05, 0.1) is 21.5 Å². The predicted octanol–water partition coefficient (Wildman–Crippen LogP) is 5.27. The number of amides is 1. The van der Waals surface area contributed by atoms with Crippen LogP contribution in [0, 0.1) is 0 Å². The lowest BCUT2D eigenvalue weighted by atomic mass is 10.2. The number of thioether (sulfide) groups is 1. The fourth-order valence-corrected chi connectivity index (χ4v) is 5.95. The SMILES string of the molecule is O=C(CSc1nnc2c3ccccc3nc(Cc3cccs3)n12)Nc1nc2ccccc2s1. The summed E-state index contributed by atoms with van der Waals surface area (Å²) in [6.45, 7) is 0. The molecule has 7 nitrogen and oxygen atoms in total. The number of para-hydroxylation sites is 2. The van der Waals surface area contributed by atoms with Gasteiger partial charge >= 0.3 is 0 Å². The van der Waals surface area contributed by atoms with Gasteiger partial charge in [-0.1, -0.05) is 53.4 Å². The van der Waals surface area contributed by atoms with Crippen molar-refractivity contribution in [2.75, 3.05) is 11.1 Å². The van der Waals surface area contributed by atoms with E-state index < -0.39 is 0 Å². The van der Waals surface area contributed by atoms with E-state index in [-0.39, 0.29) is 11.7 Å². The normalized spacial score (nSPS) is 11.5. The second-order valence-electron chi connectivity index (χ2n) is 7.27. The van der Waals surface area contributed by atoms with Gasteiger partial charge in [-0.3, -0.25) is 9.20 Å². The lowest BCUT2D eigenvalue weighted by Crippen LogP contribution is -2.14. The number of hydrogen-bond donors (Lipinski definition) is 1. The number of hydrogen-bond acceptors (Lipinski definition) is 8. The summed E-state index contributed by atoms with van der Waals surface area (Å²) in [7, 11) is 0. The summed E-state index contributed by atoms with van der Waals surface area (Å²) in [6, 6.07) is 19.9. The Labute approximate surface area is 200 Å². The van der Waals surface area contributed by atoms with Gasteiger partial charge in [0.2, 0.25) is 5.91 Å². The first kappa shape index (κ1) is 20.3. The van der Waals surface area contributed by atoms with Crippen LogP contribution in [0.1, 0.15) is 10.7 Å². The van der Waals surface area contributed by atoms with Crippen LogP contribution >= 0.6 is 34.4 Å². The minimum atomic E-state index is -0.135. The van der Waals surface area contributed by atoms with E-state index in [0.717, 1.165) is 32.6 Å². The molecule has 0 aliphatic carbocycles. The maximum atomic E-state index is 12.6. The van der Waals surface area contributed by atoms with Crippen molar-refractivity contribution in [3.8, 4) is 0 Å². The largest absolute Gasteiger partial charge is 0.301 e. The molecule has 0 aliphatic heterocycles. The van der Waals surface area contributed by atoms with Gasteiger partial charge in [0.25, 0.3) is 0 Å². The molecule has 0 saturated heterocycles. The molecule has 6 aromatic rings. The third kappa shape index (κ3) is 3.97. The first-order valence-electron chi connectivity index (χ1n) is 10.2. The molecule has 4 heterocycles. The second-order valence-corrected chi connectivity index (χ2v) is 10.3. The molecule has 0 spiro atoms. The highest BCUT2D eigenvalue weighted by Crippen LogP contribution is 2.28. The molecule has 0 atom stereocenters. The Bertz CT molecular complexity index is 1570. The van der Waals surface area contributed by atoms with E-state index in [1.54, 1.807) is 11.3 Å². The van der Waals surface area contributed by atoms with Gasteiger partial charge in [-0.2, -0.15) is 0 Å². The highest BCUT2D eigenvalue weighted by molar-refractivity contribution is 7.99. The monoisotopic (exact) mass is 488 g/mol. The molecule has 10 heteroatoms. The Morgan fingerprint density at radius 1 is 0.970 bits per heavy atom. The van der Waals surface area contributed by atoms with E-state index in [4.69, 9.17) is 4.98 Å². The number of carbonyl (C=O) groups excluding carboxylic acids is 1. The van der Waals surface area contributed by atoms with Crippen molar-refractivity contribution < 1.29 is 4.79 Å². The Hall–Kier alpha value is -3.34. The summed E-state index contributed by atoms with van der Waals surface area (Å²) in [5.41, 5.74) is 2.51. The maximum absolute atomic E-state index is 12.6. The highest BCUT2D eigenvalue weighted by Gasteiger charge is 2.17. The summed E-state index contributed by atoms with van der Waals surface area (Å²) in [5, 5.41) is 16.0. The zero-order chi connectivity index (χ0) is 22.2. The molecule has 33 heavy (non-hydrogen) atoms. The van der Waals surface area contributed by atoms with Gasteiger partial charge in [0, 0.05) is 16.7 Å². The first-order valence-corrected chi connectivity index (χ1v) is 12.9. The van der Waals surface area contributed by atoms with Crippen molar-refractivity contribution in [3.63, 3.8) is 0 Å². The molecule has 0 unspecified atom stereocenters. The van der Waals surface area contributed by atoms with Crippen molar-refractivity contribution in [1.29, 1.82) is 0 Å². The second kappa shape index (κ2) is 8.54.